The SMILES string of the molecule is C#CC(F)[C@@H](O)[C@@H](COP(=O)(NC(CC(C)C)C(=O)OCC)NC(CC(C)C)C(=O)OCC)OCn1cnc2c(=O)[nH]c(N)nc21. The van der Waals surface area contributed by atoms with Crippen LogP contribution in [0, 0.1) is 24.2 Å². The first-order valence-electron chi connectivity index (χ1n) is 14.9. The number of halogens is 1. The van der Waals surface area contributed by atoms with Gasteiger partial charge in [0.2, 0.25) is 5.95 Å². The lowest BCUT2D eigenvalue weighted by Gasteiger charge is -2.31. The Morgan fingerprint density at radius 3 is 2.15 bits per heavy atom. The van der Waals surface area contributed by atoms with E-state index < -0.39 is 69.0 Å². The lowest BCUT2D eigenvalue weighted by Crippen LogP contribution is -2.47. The molecule has 258 valence electrons. The van der Waals surface area contributed by atoms with Crippen molar-refractivity contribution in [1.82, 2.24) is 29.7 Å². The monoisotopic (exact) mass is 673 g/mol. The summed E-state index contributed by atoms with van der Waals surface area (Å²) in [6.45, 7) is 9.48. The smallest absolute Gasteiger partial charge is 0.342 e. The molecule has 0 aromatic carbocycles. The van der Waals surface area contributed by atoms with Gasteiger partial charge in [-0.05, 0) is 38.5 Å². The number of aliphatic hydroxyl groups excluding tert-OH is 1. The molecule has 0 spiro atoms. The first kappa shape index (κ1) is 38.8. The number of nitrogens with two attached hydrogens (primary N) is 1. The third-order valence-corrected chi connectivity index (χ3v) is 8.21. The maximum atomic E-state index is 14.6. The standard InChI is InChI=1S/C28H45FN7O9P/c1-8-18(29)23(37)21(44-15-36-14-31-22-24(36)32-28(30)33-25(22)38)13-45-46(41,34-19(11-16(4)5)26(39)42-9-2)35-20(12-17(6)7)27(40)43-10-3/h1,14,16-21,23,37H,9-13,15H2,2-7H3,(H2,34,35,41)(H3,30,32,33,38)/t18?,19?,20?,21-,23-,46?/m1/s1. The second kappa shape index (κ2) is 18.1. The molecule has 0 amide bonds. The Kier molecular flexibility index (Phi) is 15.2. The molecular weight excluding hydrogens is 628 g/mol. The average Bonchev–Trinajstić information content (AvgIpc) is 3.38. The summed E-state index contributed by atoms with van der Waals surface area (Å²) in [5.41, 5.74) is 5.02. The minimum absolute atomic E-state index is 0.0371. The zero-order chi connectivity index (χ0) is 34.6. The highest BCUT2D eigenvalue weighted by molar-refractivity contribution is 7.54. The number of fused-ring (bicyclic) bond motifs is 1. The number of hydrogen-bond donors (Lipinski definition) is 5. The van der Waals surface area contributed by atoms with Crippen molar-refractivity contribution in [3.05, 3.63) is 16.7 Å². The minimum atomic E-state index is -4.43. The summed E-state index contributed by atoms with van der Waals surface area (Å²) >= 11 is 0. The molecule has 6 N–H and O–H groups in total. The number of nitrogens with one attached hydrogen (secondary N) is 3. The molecule has 16 nitrogen and oxygen atoms in total. The number of imidazole rings is 1. The first-order valence-corrected chi connectivity index (χ1v) is 16.5. The molecule has 0 saturated carbocycles. The van der Waals surface area contributed by atoms with Gasteiger partial charge in [0.1, 0.15) is 31.0 Å². The van der Waals surface area contributed by atoms with Gasteiger partial charge in [-0.3, -0.25) is 28.5 Å². The lowest BCUT2D eigenvalue weighted by molar-refractivity contribution is -0.146. The molecule has 0 bridgehead atoms. The molecular formula is C28H45FN7O9P. The van der Waals surface area contributed by atoms with Crippen molar-refractivity contribution in [2.24, 2.45) is 11.8 Å². The molecule has 2 rings (SSSR count). The highest BCUT2D eigenvalue weighted by Crippen LogP contribution is 2.41. The Morgan fingerprint density at radius 2 is 1.67 bits per heavy atom. The van der Waals surface area contributed by atoms with Crippen LogP contribution < -0.4 is 21.5 Å². The number of aliphatic hydroxyl groups is 1. The number of terminal acetylenes is 1. The fourth-order valence-electron chi connectivity index (χ4n) is 4.31. The van der Waals surface area contributed by atoms with Gasteiger partial charge in [0.25, 0.3) is 5.56 Å². The quantitative estimate of drug-likeness (QED) is 0.0766. The van der Waals surface area contributed by atoms with Crippen LogP contribution in [0.3, 0.4) is 0 Å². The number of esters is 2. The predicted molar refractivity (Wildman–Crippen MR) is 167 cm³/mol. The highest BCUT2D eigenvalue weighted by atomic mass is 31.2. The molecule has 18 heteroatoms. The van der Waals surface area contributed by atoms with Crippen LogP contribution in [0.5, 0.6) is 0 Å². The molecule has 0 aliphatic carbocycles. The van der Waals surface area contributed by atoms with Gasteiger partial charge in [-0.15, -0.1) is 6.42 Å². The number of aromatic amines is 1. The van der Waals surface area contributed by atoms with E-state index in [9.17, 15) is 28.4 Å². The summed E-state index contributed by atoms with van der Waals surface area (Å²) in [6, 6.07) is -2.29. The van der Waals surface area contributed by atoms with Crippen molar-refractivity contribution in [3.63, 3.8) is 0 Å². The van der Waals surface area contributed by atoms with Gasteiger partial charge in [-0.1, -0.05) is 33.6 Å². The zero-order valence-electron chi connectivity index (χ0n) is 26.9. The number of rotatable bonds is 20. The van der Waals surface area contributed by atoms with E-state index in [-0.39, 0.29) is 55.0 Å². The van der Waals surface area contributed by atoms with Crippen LogP contribution in [0.1, 0.15) is 54.4 Å². The van der Waals surface area contributed by atoms with E-state index in [0.29, 0.717) is 0 Å². The summed E-state index contributed by atoms with van der Waals surface area (Å²) in [7, 11) is -4.43. The molecule has 2 heterocycles. The van der Waals surface area contributed by atoms with E-state index in [4.69, 9.17) is 30.9 Å². The van der Waals surface area contributed by atoms with Crippen LogP contribution in [0.4, 0.5) is 10.3 Å². The van der Waals surface area contributed by atoms with Gasteiger partial charge in [0, 0.05) is 0 Å². The fraction of sp³-hybridized carbons (Fsp3) is 0.679. The Hall–Kier alpha value is -3.39. The van der Waals surface area contributed by atoms with E-state index >= 15 is 0 Å². The molecule has 2 aromatic rings. The number of aromatic nitrogens is 4. The molecule has 46 heavy (non-hydrogen) atoms. The summed E-state index contributed by atoms with van der Waals surface area (Å²) < 4.78 is 52.1. The summed E-state index contributed by atoms with van der Waals surface area (Å²) in [5.74, 6) is 0.0373. The lowest BCUT2D eigenvalue weighted by atomic mass is 10.1. The number of nitrogens with zero attached hydrogens (tertiary/aromatic N) is 3. The Labute approximate surface area is 266 Å². The van der Waals surface area contributed by atoms with Crippen LogP contribution in [-0.2, 0) is 39.6 Å². The third kappa shape index (κ3) is 11.4. The molecule has 5 atom stereocenters. The van der Waals surface area contributed by atoms with Crippen molar-refractivity contribution in [1.29, 1.82) is 0 Å². The van der Waals surface area contributed by atoms with Crippen LogP contribution in [0.25, 0.3) is 11.2 Å². The number of carbonyl (C=O) groups is 2. The number of H-pyrrole nitrogens is 1. The van der Waals surface area contributed by atoms with Crippen molar-refractivity contribution in [3.8, 4) is 12.3 Å². The predicted octanol–water partition coefficient (Wildman–Crippen LogP) is 1.64. The number of nitrogen functional groups attached to an aromatic ring is 1. The van der Waals surface area contributed by atoms with Crippen molar-refractivity contribution in [2.75, 3.05) is 25.6 Å². The zero-order valence-corrected chi connectivity index (χ0v) is 27.8. The van der Waals surface area contributed by atoms with Gasteiger partial charge in [-0.2, -0.15) is 4.98 Å². The number of ether oxygens (including phenoxy) is 3. The Morgan fingerprint density at radius 1 is 1.13 bits per heavy atom. The van der Waals surface area contributed by atoms with Gasteiger partial charge in [-0.25, -0.2) is 19.5 Å². The summed E-state index contributed by atoms with van der Waals surface area (Å²) in [6.07, 6.45) is 0.981. The molecule has 0 aliphatic heterocycles. The maximum Gasteiger partial charge on any atom is 0.342 e. The van der Waals surface area contributed by atoms with E-state index in [1.165, 1.54) is 10.9 Å². The van der Waals surface area contributed by atoms with Crippen molar-refractivity contribution in [2.45, 2.75) is 91.6 Å². The van der Waals surface area contributed by atoms with Gasteiger partial charge in [0.05, 0.1) is 26.1 Å². The molecule has 0 radical (unpaired) electrons. The Bertz CT molecular complexity index is 1410. The van der Waals surface area contributed by atoms with E-state index in [2.05, 4.69) is 25.1 Å². The van der Waals surface area contributed by atoms with Crippen LogP contribution in [0.2, 0.25) is 0 Å². The second-order valence-corrected chi connectivity index (χ2v) is 13.1. The minimum Gasteiger partial charge on any atom is -0.465 e. The second-order valence-electron chi connectivity index (χ2n) is 11.2. The van der Waals surface area contributed by atoms with Crippen LogP contribution in [-0.4, -0.2) is 86.8 Å². The number of alkyl halides is 1. The molecule has 3 unspecified atom stereocenters. The highest BCUT2D eigenvalue weighted by Gasteiger charge is 2.39. The van der Waals surface area contributed by atoms with Crippen molar-refractivity contribution < 1.29 is 42.4 Å². The van der Waals surface area contributed by atoms with Gasteiger partial charge in [0.15, 0.2) is 17.3 Å². The number of hydrogen-bond acceptors (Lipinski definition) is 12. The fourth-order valence-corrected chi connectivity index (χ4v) is 6.13. The van der Waals surface area contributed by atoms with E-state index in [0.717, 1.165) is 0 Å². The normalized spacial score (nSPS) is 16.4. The van der Waals surface area contributed by atoms with E-state index in [1.54, 1.807) is 19.8 Å². The maximum absolute atomic E-state index is 14.6. The molecule has 2 aromatic heterocycles. The van der Waals surface area contributed by atoms with Crippen LogP contribution >= 0.6 is 7.67 Å². The number of anilines is 1. The Balaban J connectivity index is 2.46. The van der Waals surface area contributed by atoms with Gasteiger partial charge < -0.3 is 29.6 Å². The molecule has 0 aliphatic rings. The molecule has 0 fully saturated rings. The molecule has 0 saturated heterocycles. The van der Waals surface area contributed by atoms with E-state index in [1.807, 2.05) is 27.7 Å². The summed E-state index contributed by atoms with van der Waals surface area (Å²) in [4.78, 5) is 48.2. The average molecular weight is 674 g/mol. The third-order valence-electron chi connectivity index (χ3n) is 6.39. The number of carbonyl (C=O) groups excluding carboxylic acids is 2. The first-order chi connectivity index (χ1) is 21.6. The topological polar surface area (TPSA) is 222 Å². The largest absolute Gasteiger partial charge is 0.465 e. The summed E-state index contributed by atoms with van der Waals surface area (Å²) in [5, 5.41) is 16.1. The van der Waals surface area contributed by atoms with Crippen LogP contribution in [0.15, 0.2) is 11.1 Å². The van der Waals surface area contributed by atoms with Crippen molar-refractivity contribution >= 4 is 36.7 Å². The van der Waals surface area contributed by atoms with Gasteiger partial charge >= 0.3 is 19.6 Å².